The van der Waals surface area contributed by atoms with Gasteiger partial charge in [-0.1, -0.05) is 18.2 Å². The van der Waals surface area contributed by atoms with E-state index >= 15 is 0 Å². The summed E-state index contributed by atoms with van der Waals surface area (Å²) in [6.07, 6.45) is 7.43. The number of hydrogen-bond donors (Lipinski definition) is 2. The van der Waals surface area contributed by atoms with Crippen LogP contribution >= 0.6 is 0 Å². The first-order chi connectivity index (χ1) is 15.1. The Morgan fingerprint density at radius 3 is 3.03 bits per heavy atom. The second-order valence-electron chi connectivity index (χ2n) is 7.46. The van der Waals surface area contributed by atoms with Gasteiger partial charge in [0.25, 0.3) is 5.91 Å². The van der Waals surface area contributed by atoms with Gasteiger partial charge in [-0.3, -0.25) is 10.1 Å². The van der Waals surface area contributed by atoms with E-state index in [1.54, 1.807) is 10.7 Å². The lowest BCUT2D eigenvalue weighted by molar-refractivity contribution is 0.101. The highest BCUT2D eigenvalue weighted by molar-refractivity contribution is 6.12. The van der Waals surface area contributed by atoms with Crippen molar-refractivity contribution >= 4 is 39.9 Å². The fraction of sp³-hybridized carbons (Fsp3) is 0.286. The lowest BCUT2D eigenvalue weighted by Gasteiger charge is -2.32. The number of oxazole rings is 1. The van der Waals surface area contributed by atoms with Crippen LogP contribution in [0.25, 0.3) is 22.1 Å². The lowest BCUT2D eigenvalue weighted by Crippen LogP contribution is -2.33. The second kappa shape index (κ2) is 7.71. The molecule has 10 nitrogen and oxygen atoms in total. The molecule has 1 fully saturated rings. The number of allylic oxidation sites excluding steroid dienone is 1. The summed E-state index contributed by atoms with van der Waals surface area (Å²) in [6, 6.07) is 7.45. The molecule has 0 bridgehead atoms. The van der Waals surface area contributed by atoms with Crippen LogP contribution in [0.5, 0.6) is 0 Å². The summed E-state index contributed by atoms with van der Waals surface area (Å²) in [6.45, 7) is 3.76. The van der Waals surface area contributed by atoms with Crippen molar-refractivity contribution in [2.75, 3.05) is 24.1 Å². The molecule has 0 saturated carbocycles. The SMILES string of the molecule is CC=CN1CCC[C@@H](n2nc(C(=O)Nc3nc4ccccc4o3)c3c(N)ncnc32)C1. The predicted molar refractivity (Wildman–Crippen MR) is 116 cm³/mol. The molecule has 1 aromatic carbocycles. The molecular formula is C21H22N8O2. The monoisotopic (exact) mass is 418 g/mol. The fourth-order valence-electron chi connectivity index (χ4n) is 4.02. The minimum atomic E-state index is -0.474. The third-order valence-corrected chi connectivity index (χ3v) is 5.38. The molecule has 3 aromatic heterocycles. The van der Waals surface area contributed by atoms with Crippen molar-refractivity contribution in [3.63, 3.8) is 0 Å². The topological polar surface area (TPSA) is 128 Å². The molecule has 1 aliphatic rings. The number of nitrogens with two attached hydrogens (primary N) is 1. The molecular weight excluding hydrogens is 396 g/mol. The van der Waals surface area contributed by atoms with E-state index in [-0.39, 0.29) is 23.6 Å². The smallest absolute Gasteiger partial charge is 0.302 e. The van der Waals surface area contributed by atoms with E-state index in [0.717, 1.165) is 25.9 Å². The third kappa shape index (κ3) is 3.45. The molecule has 1 amide bonds. The summed E-state index contributed by atoms with van der Waals surface area (Å²) in [5.41, 5.74) is 8.06. The zero-order valence-electron chi connectivity index (χ0n) is 17.0. The van der Waals surface area contributed by atoms with Crippen LogP contribution in [0.3, 0.4) is 0 Å². The van der Waals surface area contributed by atoms with Crippen molar-refractivity contribution in [1.29, 1.82) is 0 Å². The molecule has 0 spiro atoms. The Balaban J connectivity index is 1.51. The molecule has 1 saturated heterocycles. The number of benzene rings is 1. The number of carbonyl (C=O) groups excluding carboxylic acids is 1. The Morgan fingerprint density at radius 1 is 1.32 bits per heavy atom. The minimum absolute atomic E-state index is 0.0626. The van der Waals surface area contributed by atoms with E-state index in [2.05, 4.69) is 36.5 Å². The fourth-order valence-corrected chi connectivity index (χ4v) is 4.02. The molecule has 5 rings (SSSR count). The number of rotatable bonds is 4. The molecule has 31 heavy (non-hydrogen) atoms. The normalized spacial score (nSPS) is 17.1. The van der Waals surface area contributed by atoms with Gasteiger partial charge in [0.05, 0.1) is 11.4 Å². The summed E-state index contributed by atoms with van der Waals surface area (Å²) in [5, 5.41) is 7.74. The van der Waals surface area contributed by atoms with Gasteiger partial charge in [0.1, 0.15) is 17.7 Å². The predicted octanol–water partition coefficient (Wildman–Crippen LogP) is 2.97. The lowest BCUT2D eigenvalue weighted by atomic mass is 10.1. The average molecular weight is 418 g/mol. The molecule has 4 aromatic rings. The van der Waals surface area contributed by atoms with Crippen molar-refractivity contribution in [2.45, 2.75) is 25.8 Å². The Morgan fingerprint density at radius 2 is 2.19 bits per heavy atom. The number of anilines is 2. The molecule has 4 heterocycles. The van der Waals surface area contributed by atoms with E-state index in [9.17, 15) is 4.79 Å². The van der Waals surface area contributed by atoms with Crippen LogP contribution in [-0.4, -0.2) is 48.6 Å². The van der Waals surface area contributed by atoms with Gasteiger partial charge in [-0.15, -0.1) is 0 Å². The third-order valence-electron chi connectivity index (χ3n) is 5.38. The van der Waals surface area contributed by atoms with E-state index in [1.165, 1.54) is 6.33 Å². The number of fused-ring (bicyclic) bond motifs is 2. The highest BCUT2D eigenvalue weighted by Crippen LogP contribution is 2.29. The number of para-hydroxylation sites is 2. The van der Waals surface area contributed by atoms with Crippen LogP contribution in [0, 0.1) is 0 Å². The molecule has 1 atom stereocenters. The van der Waals surface area contributed by atoms with E-state index in [4.69, 9.17) is 10.2 Å². The highest BCUT2D eigenvalue weighted by atomic mass is 16.4. The van der Waals surface area contributed by atoms with Crippen LogP contribution in [0.4, 0.5) is 11.8 Å². The Hall–Kier alpha value is -3.95. The van der Waals surface area contributed by atoms with Crippen molar-refractivity contribution < 1.29 is 9.21 Å². The van der Waals surface area contributed by atoms with Crippen LogP contribution < -0.4 is 11.1 Å². The first-order valence-electron chi connectivity index (χ1n) is 10.2. The number of nitrogens with one attached hydrogen (secondary N) is 1. The summed E-state index contributed by atoms with van der Waals surface area (Å²) in [4.78, 5) is 28.1. The van der Waals surface area contributed by atoms with Gasteiger partial charge < -0.3 is 15.1 Å². The Bertz CT molecular complexity index is 1260. The number of amides is 1. The van der Waals surface area contributed by atoms with Crippen molar-refractivity contribution in [3.05, 3.63) is 48.6 Å². The minimum Gasteiger partial charge on any atom is -0.423 e. The quantitative estimate of drug-likeness (QED) is 0.518. The van der Waals surface area contributed by atoms with Crippen molar-refractivity contribution in [3.8, 4) is 0 Å². The summed E-state index contributed by atoms with van der Waals surface area (Å²) >= 11 is 0. The number of nitrogens with zero attached hydrogens (tertiary/aromatic N) is 6. The largest absolute Gasteiger partial charge is 0.423 e. The summed E-state index contributed by atoms with van der Waals surface area (Å²) < 4.78 is 7.41. The van der Waals surface area contributed by atoms with E-state index in [1.807, 2.05) is 31.2 Å². The van der Waals surface area contributed by atoms with Crippen LogP contribution in [0.15, 0.2) is 47.3 Å². The Labute approximate surface area is 177 Å². The van der Waals surface area contributed by atoms with E-state index < -0.39 is 5.91 Å². The Kier molecular flexibility index (Phi) is 4.73. The van der Waals surface area contributed by atoms with Gasteiger partial charge in [-0.2, -0.15) is 10.1 Å². The highest BCUT2D eigenvalue weighted by Gasteiger charge is 2.28. The molecule has 158 valence electrons. The molecule has 3 N–H and O–H groups in total. The number of carbonyl (C=O) groups is 1. The van der Waals surface area contributed by atoms with Gasteiger partial charge in [0, 0.05) is 13.1 Å². The van der Waals surface area contributed by atoms with Crippen molar-refractivity contribution in [1.82, 2.24) is 29.6 Å². The number of hydrogen-bond acceptors (Lipinski definition) is 8. The first kappa shape index (κ1) is 19.0. The number of aromatic nitrogens is 5. The van der Waals surface area contributed by atoms with Gasteiger partial charge in [0.15, 0.2) is 16.9 Å². The molecule has 10 heteroatoms. The molecule has 0 unspecified atom stereocenters. The average Bonchev–Trinajstić information content (AvgIpc) is 3.36. The molecule has 0 aliphatic carbocycles. The molecule has 0 radical (unpaired) electrons. The van der Waals surface area contributed by atoms with E-state index in [0.29, 0.717) is 22.1 Å². The van der Waals surface area contributed by atoms with Crippen LogP contribution in [-0.2, 0) is 0 Å². The van der Waals surface area contributed by atoms with Crippen LogP contribution in [0.1, 0.15) is 36.3 Å². The maximum absolute atomic E-state index is 13.1. The maximum atomic E-state index is 13.1. The zero-order chi connectivity index (χ0) is 21.4. The number of piperidine rings is 1. The second-order valence-corrected chi connectivity index (χ2v) is 7.46. The first-order valence-corrected chi connectivity index (χ1v) is 10.2. The van der Waals surface area contributed by atoms with Gasteiger partial charge in [0.2, 0.25) is 0 Å². The number of nitrogen functional groups attached to an aromatic ring is 1. The zero-order valence-corrected chi connectivity index (χ0v) is 17.0. The van der Waals surface area contributed by atoms with Crippen molar-refractivity contribution in [2.24, 2.45) is 0 Å². The standard InChI is InChI=1S/C21H22N8O2/c1-2-9-28-10-5-6-13(11-28)29-19-16(18(22)23-12-24-19)17(27-29)20(30)26-21-25-14-7-3-4-8-15(14)31-21/h2-4,7-9,12-13H,5-6,10-11H2,1H3,(H2,22,23,24)(H,25,26,30)/t13-/m1/s1. The van der Waals surface area contributed by atoms with Crippen LogP contribution in [0.2, 0.25) is 0 Å². The summed E-state index contributed by atoms with van der Waals surface area (Å²) in [5.74, 6) is -0.266. The maximum Gasteiger partial charge on any atom is 0.302 e. The summed E-state index contributed by atoms with van der Waals surface area (Å²) in [7, 11) is 0. The van der Waals surface area contributed by atoms with Gasteiger partial charge >= 0.3 is 6.01 Å². The van der Waals surface area contributed by atoms with Gasteiger partial charge in [-0.05, 0) is 38.1 Å². The molecule has 1 aliphatic heterocycles. The number of likely N-dealkylation sites (tertiary alicyclic amines) is 1. The van der Waals surface area contributed by atoms with Gasteiger partial charge in [-0.25, -0.2) is 14.6 Å².